The van der Waals surface area contributed by atoms with Gasteiger partial charge >= 0.3 is 5.97 Å². The number of rotatable bonds is 6. The molecule has 0 saturated carbocycles. The third-order valence-corrected chi connectivity index (χ3v) is 7.46. The second-order valence-electron chi connectivity index (χ2n) is 7.02. The zero-order valence-electron chi connectivity index (χ0n) is 17.8. The van der Waals surface area contributed by atoms with E-state index in [0.717, 1.165) is 10.9 Å². The SMILES string of the molecule is CC[C@@H](C)c1nc2ccc(Br)cc2c(=O)n1N=Cc1cc(OC)c(OC(C)=O)c(Br)c1Br. The van der Waals surface area contributed by atoms with Crippen LogP contribution in [0.1, 0.15) is 44.5 Å². The van der Waals surface area contributed by atoms with E-state index in [-0.39, 0.29) is 17.2 Å². The van der Waals surface area contributed by atoms with Gasteiger partial charge in [-0.3, -0.25) is 9.59 Å². The van der Waals surface area contributed by atoms with Crippen LogP contribution in [0.3, 0.4) is 0 Å². The number of carbonyl (C=O) groups excluding carboxylic acids is 1. The summed E-state index contributed by atoms with van der Waals surface area (Å²) in [5.41, 5.74) is 0.971. The Kier molecular flexibility index (Phi) is 7.89. The molecular weight excluding hydrogens is 610 g/mol. The van der Waals surface area contributed by atoms with Crippen LogP contribution in [0.4, 0.5) is 0 Å². The Bertz CT molecular complexity index is 1290. The lowest BCUT2D eigenvalue weighted by Gasteiger charge is -2.15. The molecule has 3 aromatic rings. The second kappa shape index (κ2) is 10.3. The molecule has 32 heavy (non-hydrogen) atoms. The van der Waals surface area contributed by atoms with Crippen LogP contribution in [0.25, 0.3) is 10.9 Å². The van der Waals surface area contributed by atoms with Crippen molar-refractivity contribution in [3.05, 3.63) is 59.4 Å². The summed E-state index contributed by atoms with van der Waals surface area (Å²) in [5.74, 6) is 0.701. The van der Waals surface area contributed by atoms with Crippen molar-refractivity contribution in [2.24, 2.45) is 5.10 Å². The first kappa shape index (κ1) is 24.6. The van der Waals surface area contributed by atoms with E-state index in [2.05, 4.69) is 52.9 Å². The van der Waals surface area contributed by atoms with Crippen molar-refractivity contribution in [2.45, 2.75) is 33.1 Å². The molecule has 0 radical (unpaired) electrons. The highest BCUT2D eigenvalue weighted by atomic mass is 79.9. The molecule has 2 aromatic carbocycles. The number of ether oxygens (including phenoxy) is 2. The van der Waals surface area contributed by atoms with Crippen LogP contribution >= 0.6 is 47.8 Å². The van der Waals surface area contributed by atoms with E-state index in [4.69, 9.17) is 14.5 Å². The Morgan fingerprint density at radius 1 is 1.25 bits per heavy atom. The van der Waals surface area contributed by atoms with Gasteiger partial charge in [-0.1, -0.05) is 29.8 Å². The Morgan fingerprint density at radius 3 is 2.59 bits per heavy atom. The van der Waals surface area contributed by atoms with Crippen LogP contribution < -0.4 is 15.0 Å². The minimum absolute atomic E-state index is 0.0175. The molecule has 168 valence electrons. The van der Waals surface area contributed by atoms with Crippen molar-refractivity contribution in [3.8, 4) is 11.5 Å². The van der Waals surface area contributed by atoms with E-state index in [0.29, 0.717) is 37.0 Å². The summed E-state index contributed by atoms with van der Waals surface area (Å²) in [6.45, 7) is 5.34. The quantitative estimate of drug-likeness (QED) is 0.189. The fourth-order valence-electron chi connectivity index (χ4n) is 2.99. The number of fused-ring (bicyclic) bond motifs is 1. The van der Waals surface area contributed by atoms with Gasteiger partial charge in [0.05, 0.1) is 28.7 Å². The Morgan fingerprint density at radius 2 is 1.97 bits per heavy atom. The molecule has 7 nitrogen and oxygen atoms in total. The maximum atomic E-state index is 13.3. The average molecular weight is 630 g/mol. The molecule has 0 N–H and O–H groups in total. The molecule has 0 amide bonds. The topological polar surface area (TPSA) is 82.8 Å². The highest BCUT2D eigenvalue weighted by molar-refractivity contribution is 9.13. The van der Waals surface area contributed by atoms with Crippen molar-refractivity contribution in [2.75, 3.05) is 7.11 Å². The van der Waals surface area contributed by atoms with Gasteiger partial charge in [0, 0.05) is 27.4 Å². The summed E-state index contributed by atoms with van der Waals surface area (Å²) >= 11 is 10.3. The van der Waals surface area contributed by atoms with Gasteiger partial charge in [0.25, 0.3) is 5.56 Å². The van der Waals surface area contributed by atoms with E-state index in [1.807, 2.05) is 26.0 Å². The first-order valence-corrected chi connectivity index (χ1v) is 12.1. The average Bonchev–Trinajstić information content (AvgIpc) is 2.76. The minimum atomic E-state index is -0.476. The minimum Gasteiger partial charge on any atom is -0.493 e. The van der Waals surface area contributed by atoms with Gasteiger partial charge < -0.3 is 9.47 Å². The third-order valence-electron chi connectivity index (χ3n) is 4.82. The van der Waals surface area contributed by atoms with Crippen molar-refractivity contribution in [3.63, 3.8) is 0 Å². The summed E-state index contributed by atoms with van der Waals surface area (Å²) in [5, 5.41) is 4.94. The van der Waals surface area contributed by atoms with Gasteiger partial charge in [0.2, 0.25) is 0 Å². The fraction of sp³-hybridized carbons (Fsp3) is 0.273. The monoisotopic (exact) mass is 627 g/mol. The largest absolute Gasteiger partial charge is 0.493 e. The van der Waals surface area contributed by atoms with Gasteiger partial charge in [-0.25, -0.2) is 4.98 Å². The third kappa shape index (κ3) is 4.97. The number of benzene rings is 2. The van der Waals surface area contributed by atoms with E-state index < -0.39 is 5.97 Å². The van der Waals surface area contributed by atoms with Crippen LogP contribution in [0.15, 0.2) is 47.6 Å². The highest BCUT2D eigenvalue weighted by Crippen LogP contribution is 2.42. The smallest absolute Gasteiger partial charge is 0.308 e. The first-order valence-electron chi connectivity index (χ1n) is 9.68. The van der Waals surface area contributed by atoms with E-state index in [1.165, 1.54) is 24.9 Å². The first-order chi connectivity index (χ1) is 15.2. The predicted molar refractivity (Wildman–Crippen MR) is 135 cm³/mol. The number of methoxy groups -OCH3 is 1. The summed E-state index contributed by atoms with van der Waals surface area (Å²) in [6.07, 6.45) is 2.33. The molecule has 0 unspecified atom stereocenters. The molecule has 0 spiro atoms. The van der Waals surface area contributed by atoms with Gasteiger partial charge in [-0.2, -0.15) is 9.78 Å². The molecule has 0 saturated heterocycles. The molecule has 0 aliphatic carbocycles. The van der Waals surface area contributed by atoms with Crippen molar-refractivity contribution < 1.29 is 14.3 Å². The van der Waals surface area contributed by atoms with E-state index in [9.17, 15) is 9.59 Å². The Labute approximate surface area is 210 Å². The van der Waals surface area contributed by atoms with Crippen molar-refractivity contribution in [1.82, 2.24) is 9.66 Å². The number of hydrogen-bond donors (Lipinski definition) is 0. The molecule has 3 rings (SSSR count). The summed E-state index contributed by atoms with van der Waals surface area (Å²) in [7, 11) is 1.47. The number of aromatic nitrogens is 2. The molecule has 1 aromatic heterocycles. The van der Waals surface area contributed by atoms with Crippen LogP contribution in [-0.4, -0.2) is 29.0 Å². The molecule has 0 fully saturated rings. The van der Waals surface area contributed by atoms with Crippen molar-refractivity contribution in [1.29, 1.82) is 0 Å². The second-order valence-corrected chi connectivity index (χ2v) is 9.52. The zero-order valence-corrected chi connectivity index (χ0v) is 22.5. The summed E-state index contributed by atoms with van der Waals surface area (Å²) in [4.78, 5) is 29.4. The lowest BCUT2D eigenvalue weighted by Crippen LogP contribution is -2.23. The molecule has 0 aliphatic heterocycles. The van der Waals surface area contributed by atoms with Crippen LogP contribution in [0, 0.1) is 0 Å². The molecular formula is C22H20Br3N3O4. The van der Waals surface area contributed by atoms with Crippen LogP contribution in [0.5, 0.6) is 11.5 Å². The number of hydrogen-bond acceptors (Lipinski definition) is 6. The highest BCUT2D eigenvalue weighted by Gasteiger charge is 2.19. The number of esters is 1. The van der Waals surface area contributed by atoms with E-state index >= 15 is 0 Å². The molecule has 1 atom stereocenters. The fourth-order valence-corrected chi connectivity index (χ4v) is 4.25. The van der Waals surface area contributed by atoms with Crippen LogP contribution in [0.2, 0.25) is 0 Å². The van der Waals surface area contributed by atoms with Gasteiger partial charge in [0.15, 0.2) is 11.5 Å². The summed E-state index contributed by atoms with van der Waals surface area (Å²) in [6, 6.07) is 7.07. The lowest BCUT2D eigenvalue weighted by atomic mass is 10.1. The lowest BCUT2D eigenvalue weighted by molar-refractivity contribution is -0.132. The van der Waals surface area contributed by atoms with E-state index in [1.54, 1.807) is 12.1 Å². The predicted octanol–water partition coefficient (Wildman–Crippen LogP) is 6.01. The Balaban J connectivity index is 2.20. The van der Waals surface area contributed by atoms with Crippen LogP contribution in [-0.2, 0) is 4.79 Å². The Hall–Kier alpha value is -2.04. The summed E-state index contributed by atoms with van der Waals surface area (Å²) < 4.78 is 13.8. The number of halogens is 3. The molecule has 10 heteroatoms. The molecule has 0 aliphatic rings. The zero-order chi connectivity index (χ0) is 23.6. The van der Waals surface area contributed by atoms with Gasteiger partial charge in [0.1, 0.15) is 5.82 Å². The molecule has 0 bridgehead atoms. The molecule has 1 heterocycles. The number of carbonyl (C=O) groups is 1. The number of nitrogens with zero attached hydrogens (tertiary/aromatic N) is 3. The maximum absolute atomic E-state index is 13.3. The standard InChI is InChI=1S/C22H20Br3N3O4/c1-5-11(2)21-27-16-7-6-14(23)9-15(16)22(30)28(21)26-10-13-8-17(31-4)20(32-12(3)29)19(25)18(13)24/h6-11H,5H2,1-4H3/t11-/m1/s1. The normalized spacial score (nSPS) is 12.3. The maximum Gasteiger partial charge on any atom is 0.308 e. The van der Waals surface area contributed by atoms with Gasteiger partial charge in [-0.15, -0.1) is 0 Å². The van der Waals surface area contributed by atoms with Crippen molar-refractivity contribution >= 4 is 70.9 Å². The van der Waals surface area contributed by atoms with Gasteiger partial charge in [-0.05, 0) is 62.5 Å².